The molecule has 0 radical (unpaired) electrons. The maximum atomic E-state index is 5.61. The van der Waals surface area contributed by atoms with Crippen molar-refractivity contribution in [1.82, 2.24) is 9.55 Å². The van der Waals surface area contributed by atoms with Crippen molar-refractivity contribution in [3.05, 3.63) is 40.1 Å². The van der Waals surface area contributed by atoms with Gasteiger partial charge in [0.25, 0.3) is 0 Å². The Morgan fingerprint density at radius 3 is 2.82 bits per heavy atom. The summed E-state index contributed by atoms with van der Waals surface area (Å²) in [6.07, 6.45) is 0.829. The van der Waals surface area contributed by atoms with Crippen LogP contribution in [0.15, 0.2) is 28.9 Å². The van der Waals surface area contributed by atoms with E-state index in [1.165, 1.54) is 5.56 Å². The number of aryl methyl sites for hydroxylation is 1. The van der Waals surface area contributed by atoms with Crippen molar-refractivity contribution in [2.75, 3.05) is 6.54 Å². The summed E-state index contributed by atoms with van der Waals surface area (Å²) in [4.78, 5) is 4.56. The number of hydrogen-bond donors (Lipinski definition) is 1. The molecule has 0 spiro atoms. The number of rotatable bonds is 3. The van der Waals surface area contributed by atoms with E-state index in [9.17, 15) is 0 Å². The lowest BCUT2D eigenvalue weighted by atomic mass is 10.1. The molecule has 0 aliphatic carbocycles. The van der Waals surface area contributed by atoms with Gasteiger partial charge in [-0.2, -0.15) is 0 Å². The van der Waals surface area contributed by atoms with Gasteiger partial charge in [-0.25, -0.2) is 4.98 Å². The first kappa shape index (κ1) is 12.3. The summed E-state index contributed by atoms with van der Waals surface area (Å²) < 4.78 is 2.99. The Bertz CT molecular complexity index is 531. The van der Waals surface area contributed by atoms with Crippen molar-refractivity contribution in [3.8, 4) is 11.4 Å². The smallest absolute Gasteiger partial charge is 0.141 e. The molecule has 2 aromatic rings. The van der Waals surface area contributed by atoms with Crippen molar-refractivity contribution in [3.63, 3.8) is 0 Å². The first-order valence-electron chi connectivity index (χ1n) is 5.61. The average molecular weight is 294 g/mol. The molecule has 17 heavy (non-hydrogen) atoms. The van der Waals surface area contributed by atoms with E-state index in [2.05, 4.69) is 56.7 Å². The largest absolute Gasteiger partial charge is 0.330 e. The van der Waals surface area contributed by atoms with Crippen LogP contribution < -0.4 is 5.73 Å². The molecule has 0 aliphatic rings. The van der Waals surface area contributed by atoms with Crippen LogP contribution in [0.5, 0.6) is 0 Å². The highest BCUT2D eigenvalue weighted by Crippen LogP contribution is 2.25. The zero-order valence-corrected chi connectivity index (χ0v) is 11.7. The fourth-order valence-electron chi connectivity index (χ4n) is 1.95. The highest BCUT2D eigenvalue weighted by atomic mass is 79.9. The van der Waals surface area contributed by atoms with E-state index in [0.29, 0.717) is 6.54 Å². The lowest BCUT2D eigenvalue weighted by Crippen LogP contribution is -2.07. The molecule has 90 valence electrons. The minimum Gasteiger partial charge on any atom is -0.330 e. The third kappa shape index (κ3) is 2.42. The van der Waals surface area contributed by atoms with Crippen molar-refractivity contribution in [1.29, 1.82) is 0 Å². The second-order valence-electron chi connectivity index (χ2n) is 4.14. The predicted octanol–water partition coefficient (Wildman–Crippen LogP) is 2.66. The Kier molecular flexibility index (Phi) is 3.64. The summed E-state index contributed by atoms with van der Waals surface area (Å²) in [5, 5.41) is 0. The highest BCUT2D eigenvalue weighted by Gasteiger charge is 2.13. The molecule has 1 aromatic carbocycles. The maximum Gasteiger partial charge on any atom is 0.141 e. The second kappa shape index (κ2) is 5.02. The number of halogens is 1. The summed E-state index contributed by atoms with van der Waals surface area (Å²) in [5.74, 6) is 0.976. The van der Waals surface area contributed by atoms with Crippen LogP contribution in [0.4, 0.5) is 0 Å². The number of benzene rings is 1. The maximum absolute atomic E-state index is 5.61. The number of nitrogens with zero attached hydrogens (tertiary/aromatic N) is 2. The molecule has 1 heterocycles. The van der Waals surface area contributed by atoms with E-state index in [1.807, 2.05) is 7.05 Å². The molecule has 3 nitrogen and oxygen atoms in total. The minimum absolute atomic E-state index is 0.630. The molecule has 0 amide bonds. The summed E-state index contributed by atoms with van der Waals surface area (Å²) in [6.45, 7) is 2.72. The lowest BCUT2D eigenvalue weighted by molar-refractivity contribution is 0.807. The van der Waals surface area contributed by atoms with Gasteiger partial charge in [0.15, 0.2) is 0 Å². The van der Waals surface area contributed by atoms with E-state index in [0.717, 1.165) is 28.1 Å². The van der Waals surface area contributed by atoms with Gasteiger partial charge >= 0.3 is 0 Å². The molecule has 0 saturated carbocycles. The van der Waals surface area contributed by atoms with E-state index in [-0.39, 0.29) is 0 Å². The molecule has 1 aromatic heterocycles. The van der Waals surface area contributed by atoms with Gasteiger partial charge in [0.2, 0.25) is 0 Å². The second-order valence-corrected chi connectivity index (χ2v) is 4.89. The number of imidazole rings is 1. The number of nitrogens with two attached hydrogens (primary N) is 1. The lowest BCUT2D eigenvalue weighted by Gasteiger charge is -2.05. The molecular formula is C13H16BrN3. The molecule has 0 fully saturated rings. The van der Waals surface area contributed by atoms with Gasteiger partial charge in [-0.15, -0.1) is 0 Å². The summed E-state index contributed by atoms with van der Waals surface area (Å²) in [5.41, 5.74) is 9.12. The molecule has 0 saturated heterocycles. The van der Waals surface area contributed by atoms with Crippen LogP contribution in [-0.4, -0.2) is 16.1 Å². The van der Waals surface area contributed by atoms with Crippen molar-refractivity contribution < 1.29 is 0 Å². The zero-order chi connectivity index (χ0) is 12.4. The van der Waals surface area contributed by atoms with Crippen LogP contribution in [0.3, 0.4) is 0 Å². The van der Waals surface area contributed by atoms with E-state index in [1.54, 1.807) is 0 Å². The van der Waals surface area contributed by atoms with Gasteiger partial charge in [0, 0.05) is 19.0 Å². The van der Waals surface area contributed by atoms with Gasteiger partial charge in [0.1, 0.15) is 10.4 Å². The van der Waals surface area contributed by atoms with E-state index >= 15 is 0 Å². The molecule has 2 N–H and O–H groups in total. The fourth-order valence-corrected chi connectivity index (χ4v) is 2.58. The fraction of sp³-hybridized carbons (Fsp3) is 0.308. The molecule has 0 unspecified atom stereocenters. The van der Waals surface area contributed by atoms with E-state index < -0.39 is 0 Å². The van der Waals surface area contributed by atoms with Gasteiger partial charge in [0.05, 0.1) is 5.69 Å². The minimum atomic E-state index is 0.630. The summed E-state index contributed by atoms with van der Waals surface area (Å²) in [7, 11) is 2.03. The van der Waals surface area contributed by atoms with Crippen LogP contribution in [0.2, 0.25) is 0 Å². The van der Waals surface area contributed by atoms with Gasteiger partial charge in [-0.3, -0.25) is 0 Å². The van der Waals surface area contributed by atoms with Gasteiger partial charge < -0.3 is 10.3 Å². The van der Waals surface area contributed by atoms with Crippen LogP contribution >= 0.6 is 15.9 Å². The van der Waals surface area contributed by atoms with Crippen molar-refractivity contribution in [2.45, 2.75) is 13.3 Å². The molecule has 2 rings (SSSR count). The Labute approximate surface area is 110 Å². The molecular weight excluding hydrogens is 278 g/mol. The zero-order valence-electron chi connectivity index (χ0n) is 10.1. The predicted molar refractivity (Wildman–Crippen MR) is 73.8 cm³/mol. The normalized spacial score (nSPS) is 10.8. The first-order chi connectivity index (χ1) is 8.13. The van der Waals surface area contributed by atoms with Crippen molar-refractivity contribution >= 4 is 15.9 Å². The highest BCUT2D eigenvalue weighted by molar-refractivity contribution is 9.10. The van der Waals surface area contributed by atoms with Gasteiger partial charge in [-0.1, -0.05) is 23.8 Å². The van der Waals surface area contributed by atoms with Crippen LogP contribution in [0.1, 0.15) is 11.3 Å². The third-order valence-corrected chi connectivity index (χ3v) is 3.46. The standard InChI is InChI=1S/C13H16BrN3/c1-9-4-3-5-10(8-9)13-16-12(14)11(6-7-15)17(13)2/h3-5,8H,6-7,15H2,1-2H3. The van der Waals surface area contributed by atoms with Crippen LogP contribution in [0.25, 0.3) is 11.4 Å². The molecule has 0 bridgehead atoms. The SMILES string of the molecule is Cc1cccc(-c2nc(Br)c(CCN)n2C)c1. The number of hydrogen-bond acceptors (Lipinski definition) is 2. The Hall–Kier alpha value is -1.13. The summed E-state index contributed by atoms with van der Waals surface area (Å²) in [6, 6.07) is 8.35. The Morgan fingerprint density at radius 1 is 1.41 bits per heavy atom. The Morgan fingerprint density at radius 2 is 2.18 bits per heavy atom. The topological polar surface area (TPSA) is 43.8 Å². The average Bonchev–Trinajstić information content (AvgIpc) is 2.57. The van der Waals surface area contributed by atoms with Crippen LogP contribution in [0, 0.1) is 6.92 Å². The Balaban J connectivity index is 2.50. The summed E-state index contributed by atoms with van der Waals surface area (Å²) >= 11 is 3.50. The monoisotopic (exact) mass is 293 g/mol. The van der Waals surface area contributed by atoms with Gasteiger partial charge in [-0.05, 0) is 35.5 Å². The van der Waals surface area contributed by atoms with Crippen molar-refractivity contribution in [2.24, 2.45) is 12.8 Å². The van der Waals surface area contributed by atoms with E-state index in [4.69, 9.17) is 5.73 Å². The number of aromatic nitrogens is 2. The quantitative estimate of drug-likeness (QED) is 0.945. The van der Waals surface area contributed by atoms with Crippen LogP contribution in [-0.2, 0) is 13.5 Å². The molecule has 4 heteroatoms. The molecule has 0 aliphatic heterocycles. The third-order valence-electron chi connectivity index (χ3n) is 2.82. The first-order valence-corrected chi connectivity index (χ1v) is 6.41. The molecule has 0 atom stereocenters.